The van der Waals surface area contributed by atoms with Crippen molar-refractivity contribution in [3.63, 3.8) is 0 Å². The van der Waals surface area contributed by atoms with Gasteiger partial charge in [0.1, 0.15) is 0 Å². The van der Waals surface area contributed by atoms with Crippen LogP contribution in [-0.4, -0.2) is 74.7 Å². The van der Waals surface area contributed by atoms with Crippen molar-refractivity contribution in [2.45, 2.75) is 32.1 Å². The van der Waals surface area contributed by atoms with Crippen LogP contribution in [0.2, 0.25) is 0 Å². The van der Waals surface area contributed by atoms with Crippen molar-refractivity contribution >= 4 is 15.9 Å². The number of likely N-dealkylation sites (N-methyl/N-ethyl adjacent to an activating group) is 1. The van der Waals surface area contributed by atoms with Gasteiger partial charge in [-0.15, -0.1) is 0 Å². The van der Waals surface area contributed by atoms with E-state index >= 15 is 0 Å². The highest BCUT2D eigenvalue weighted by atomic mass is 32.2. The number of hydrogen-bond donors (Lipinski definition) is 0. The second-order valence-electron chi connectivity index (χ2n) is 6.52. The van der Waals surface area contributed by atoms with Gasteiger partial charge in [-0.1, -0.05) is 19.9 Å². The van der Waals surface area contributed by atoms with Crippen LogP contribution in [0.4, 0.5) is 0 Å². The summed E-state index contributed by atoms with van der Waals surface area (Å²) in [6.45, 7) is 9.48. The Bertz CT molecular complexity index is 714. The quantitative estimate of drug-likeness (QED) is 0.796. The lowest BCUT2D eigenvalue weighted by Crippen LogP contribution is -2.35. The van der Waals surface area contributed by atoms with E-state index in [1.807, 2.05) is 25.7 Å². The van der Waals surface area contributed by atoms with Crippen molar-refractivity contribution in [3.05, 3.63) is 29.3 Å². The third kappa shape index (κ3) is 4.40. The van der Waals surface area contributed by atoms with Gasteiger partial charge < -0.3 is 9.80 Å². The van der Waals surface area contributed by atoms with Crippen LogP contribution in [-0.2, 0) is 10.0 Å². The van der Waals surface area contributed by atoms with Crippen molar-refractivity contribution in [3.8, 4) is 0 Å². The molecule has 0 unspecified atom stereocenters. The number of sulfonamides is 1. The summed E-state index contributed by atoms with van der Waals surface area (Å²) in [5.41, 5.74) is 1.29. The lowest BCUT2D eigenvalue weighted by Gasteiger charge is -2.23. The van der Waals surface area contributed by atoms with E-state index in [2.05, 4.69) is 11.9 Å². The highest BCUT2D eigenvalue weighted by molar-refractivity contribution is 7.89. The van der Waals surface area contributed by atoms with Gasteiger partial charge in [0.2, 0.25) is 10.0 Å². The first-order valence-corrected chi connectivity index (χ1v) is 10.3. The second-order valence-corrected chi connectivity index (χ2v) is 8.45. The summed E-state index contributed by atoms with van der Waals surface area (Å²) in [5, 5.41) is 0. The molecule has 0 bridgehead atoms. The number of hydrogen-bond acceptors (Lipinski definition) is 4. The number of amides is 1. The fraction of sp³-hybridized carbons (Fsp3) is 0.611. The lowest BCUT2D eigenvalue weighted by molar-refractivity contribution is 0.0762. The number of carbonyl (C=O) groups excluding carboxylic acids is 1. The molecule has 6 nitrogen and oxygen atoms in total. The van der Waals surface area contributed by atoms with Crippen molar-refractivity contribution < 1.29 is 13.2 Å². The summed E-state index contributed by atoms with van der Waals surface area (Å²) < 4.78 is 26.9. The van der Waals surface area contributed by atoms with Gasteiger partial charge in [0.25, 0.3) is 5.91 Å². The zero-order valence-electron chi connectivity index (χ0n) is 15.7. The molecule has 1 aliphatic rings. The third-order valence-corrected chi connectivity index (χ3v) is 6.84. The van der Waals surface area contributed by atoms with Gasteiger partial charge >= 0.3 is 0 Å². The molecular formula is C18H29N3O3S. The topological polar surface area (TPSA) is 60.9 Å². The Morgan fingerprint density at radius 1 is 1.12 bits per heavy atom. The summed E-state index contributed by atoms with van der Waals surface area (Å²) in [4.78, 5) is 17.2. The maximum absolute atomic E-state index is 13.0. The van der Waals surface area contributed by atoms with Crippen LogP contribution in [0.25, 0.3) is 0 Å². The smallest absolute Gasteiger partial charge is 0.254 e. The molecular weight excluding hydrogens is 338 g/mol. The van der Waals surface area contributed by atoms with Gasteiger partial charge in [-0.25, -0.2) is 8.42 Å². The minimum atomic E-state index is -3.57. The van der Waals surface area contributed by atoms with E-state index in [4.69, 9.17) is 0 Å². The fourth-order valence-electron chi connectivity index (χ4n) is 3.12. The van der Waals surface area contributed by atoms with E-state index in [9.17, 15) is 13.2 Å². The molecule has 0 spiro atoms. The first-order valence-electron chi connectivity index (χ1n) is 8.89. The minimum Gasteiger partial charge on any atom is -0.337 e. The summed E-state index contributed by atoms with van der Waals surface area (Å²) in [6, 6.07) is 4.86. The summed E-state index contributed by atoms with van der Waals surface area (Å²) in [5.74, 6) is -0.0793. The van der Waals surface area contributed by atoms with Crippen LogP contribution in [0.5, 0.6) is 0 Å². The van der Waals surface area contributed by atoms with Gasteiger partial charge in [-0.05, 0) is 44.6 Å². The van der Waals surface area contributed by atoms with Gasteiger partial charge in [0, 0.05) is 38.3 Å². The van der Waals surface area contributed by atoms with Crippen molar-refractivity contribution in [1.29, 1.82) is 0 Å². The van der Waals surface area contributed by atoms with E-state index in [-0.39, 0.29) is 10.8 Å². The zero-order chi connectivity index (χ0) is 18.6. The van der Waals surface area contributed by atoms with Gasteiger partial charge in [-0.3, -0.25) is 4.79 Å². The number of carbonyl (C=O) groups is 1. The van der Waals surface area contributed by atoms with Gasteiger partial charge in [0.15, 0.2) is 0 Å². The molecule has 1 amide bonds. The van der Waals surface area contributed by atoms with Crippen LogP contribution in [0, 0.1) is 6.92 Å². The van der Waals surface area contributed by atoms with E-state index in [0.29, 0.717) is 31.7 Å². The van der Waals surface area contributed by atoms with Crippen LogP contribution < -0.4 is 0 Å². The lowest BCUT2D eigenvalue weighted by atomic mass is 10.1. The maximum atomic E-state index is 13.0. The SMILES string of the molecule is CCN(CC)S(=O)(=O)c1ccc(C)c(C(=O)N2CCCN(C)CC2)c1. The molecule has 1 fully saturated rings. The first-order chi connectivity index (χ1) is 11.8. The number of nitrogens with zero attached hydrogens (tertiary/aromatic N) is 3. The third-order valence-electron chi connectivity index (χ3n) is 4.79. The Morgan fingerprint density at radius 3 is 2.44 bits per heavy atom. The largest absolute Gasteiger partial charge is 0.337 e. The average Bonchev–Trinajstić information content (AvgIpc) is 2.80. The minimum absolute atomic E-state index is 0.0793. The summed E-state index contributed by atoms with van der Waals surface area (Å²) in [6.07, 6.45) is 0.929. The van der Waals surface area contributed by atoms with E-state index in [1.165, 1.54) is 4.31 Å². The Hall–Kier alpha value is -1.44. The molecule has 2 rings (SSSR count). The molecule has 0 radical (unpaired) electrons. The molecule has 1 aromatic rings. The molecule has 0 N–H and O–H groups in total. The highest BCUT2D eigenvalue weighted by Gasteiger charge is 2.25. The number of aryl methyl sites for hydroxylation is 1. The first kappa shape index (κ1) is 19.9. The van der Waals surface area contributed by atoms with Crippen LogP contribution >= 0.6 is 0 Å². The normalized spacial score (nSPS) is 16.9. The molecule has 1 aliphatic heterocycles. The van der Waals surface area contributed by atoms with E-state index in [1.54, 1.807) is 18.2 Å². The van der Waals surface area contributed by atoms with Crippen LogP contribution in [0.1, 0.15) is 36.2 Å². The molecule has 25 heavy (non-hydrogen) atoms. The Balaban J connectivity index is 2.34. The number of rotatable bonds is 5. The molecule has 0 aromatic heterocycles. The number of benzene rings is 1. The Labute approximate surface area is 151 Å². The molecule has 7 heteroatoms. The molecule has 1 heterocycles. The van der Waals surface area contributed by atoms with Gasteiger partial charge in [0.05, 0.1) is 4.90 Å². The van der Waals surface area contributed by atoms with E-state index < -0.39 is 10.0 Å². The predicted octanol–water partition coefficient (Wildman–Crippen LogP) is 1.80. The highest BCUT2D eigenvalue weighted by Crippen LogP contribution is 2.21. The monoisotopic (exact) mass is 367 g/mol. The molecule has 0 saturated carbocycles. The molecule has 0 atom stereocenters. The van der Waals surface area contributed by atoms with Crippen LogP contribution in [0.3, 0.4) is 0 Å². The average molecular weight is 368 g/mol. The van der Waals surface area contributed by atoms with Crippen LogP contribution in [0.15, 0.2) is 23.1 Å². The van der Waals surface area contributed by atoms with Gasteiger partial charge in [-0.2, -0.15) is 4.31 Å². The van der Waals surface area contributed by atoms with Crippen molar-refractivity contribution in [1.82, 2.24) is 14.1 Å². The summed E-state index contributed by atoms with van der Waals surface area (Å²) >= 11 is 0. The molecule has 1 aromatic carbocycles. The van der Waals surface area contributed by atoms with Crippen molar-refractivity contribution in [2.24, 2.45) is 0 Å². The molecule has 140 valence electrons. The van der Waals surface area contributed by atoms with Crippen molar-refractivity contribution in [2.75, 3.05) is 46.3 Å². The van der Waals surface area contributed by atoms with E-state index in [0.717, 1.165) is 25.1 Å². The second kappa shape index (κ2) is 8.29. The standard InChI is InChI=1S/C18H29N3O3S/c1-5-21(6-2)25(23,24)16-9-8-15(3)17(14-16)18(22)20-11-7-10-19(4)12-13-20/h8-9,14H,5-7,10-13H2,1-4H3. The summed E-state index contributed by atoms with van der Waals surface area (Å²) in [7, 11) is -1.51. The molecule has 0 aliphatic carbocycles. The Morgan fingerprint density at radius 2 is 1.80 bits per heavy atom. The zero-order valence-corrected chi connectivity index (χ0v) is 16.5. The maximum Gasteiger partial charge on any atom is 0.254 e. The predicted molar refractivity (Wildman–Crippen MR) is 99.3 cm³/mol. The fourth-order valence-corrected chi connectivity index (χ4v) is 4.61. The Kier molecular flexibility index (Phi) is 6.59. The molecule has 1 saturated heterocycles.